The number of carboxylic acids is 1. The summed E-state index contributed by atoms with van der Waals surface area (Å²) >= 11 is 0. The van der Waals surface area contributed by atoms with Crippen LogP contribution in [0.3, 0.4) is 0 Å². The molecule has 0 saturated carbocycles. The molecule has 1 aliphatic rings. The van der Waals surface area contributed by atoms with E-state index in [9.17, 15) is 18.0 Å². The van der Waals surface area contributed by atoms with Gasteiger partial charge in [0.05, 0.1) is 11.5 Å². The van der Waals surface area contributed by atoms with Crippen molar-refractivity contribution >= 4 is 21.8 Å². The third-order valence-corrected chi connectivity index (χ3v) is 4.98. The van der Waals surface area contributed by atoms with E-state index in [0.717, 1.165) is 0 Å². The number of amides is 2. The van der Waals surface area contributed by atoms with Crippen molar-refractivity contribution in [2.24, 2.45) is 0 Å². The first kappa shape index (κ1) is 15.7. The molecule has 0 aromatic rings. The van der Waals surface area contributed by atoms with E-state index >= 15 is 0 Å². The Kier molecular flexibility index (Phi) is 5.16. The van der Waals surface area contributed by atoms with E-state index in [1.165, 1.54) is 16.8 Å². The number of aliphatic carboxylic acids is 1. The molecule has 0 radical (unpaired) electrons. The van der Waals surface area contributed by atoms with Crippen molar-refractivity contribution in [1.29, 1.82) is 0 Å². The van der Waals surface area contributed by atoms with Crippen molar-refractivity contribution in [2.75, 3.05) is 31.6 Å². The van der Waals surface area contributed by atoms with Gasteiger partial charge in [-0.25, -0.2) is 18.0 Å². The fourth-order valence-corrected chi connectivity index (χ4v) is 3.37. The maximum absolute atomic E-state index is 12.2. The average Bonchev–Trinajstić information content (AvgIpc) is 2.49. The molecule has 0 aromatic heterocycles. The highest BCUT2D eigenvalue weighted by atomic mass is 32.2. The van der Waals surface area contributed by atoms with Gasteiger partial charge in [-0.05, 0) is 12.8 Å². The minimum Gasteiger partial charge on any atom is -0.480 e. The molecule has 8 heteroatoms. The van der Waals surface area contributed by atoms with Crippen LogP contribution in [0.5, 0.6) is 0 Å². The van der Waals surface area contributed by atoms with Crippen LogP contribution in [-0.2, 0) is 14.6 Å². The topological polar surface area (TPSA) is 95.0 Å². The summed E-state index contributed by atoms with van der Waals surface area (Å²) in [6, 6.07) is -1.31. The number of carbonyl (C=O) groups is 2. The zero-order valence-electron chi connectivity index (χ0n) is 11.2. The van der Waals surface area contributed by atoms with Gasteiger partial charge in [-0.2, -0.15) is 0 Å². The summed E-state index contributed by atoms with van der Waals surface area (Å²) in [5.74, 6) is -1.03. The quantitative estimate of drug-likeness (QED) is 0.791. The normalized spacial score (nSPS) is 20.4. The van der Waals surface area contributed by atoms with Crippen LogP contribution in [-0.4, -0.2) is 73.0 Å². The Hall–Kier alpha value is -1.31. The van der Waals surface area contributed by atoms with Crippen LogP contribution >= 0.6 is 0 Å². The molecule has 1 unspecified atom stereocenters. The number of hydrogen-bond donors (Lipinski definition) is 1. The third kappa shape index (κ3) is 4.09. The monoisotopic (exact) mass is 292 g/mol. The summed E-state index contributed by atoms with van der Waals surface area (Å²) in [6.45, 7) is 2.16. The van der Waals surface area contributed by atoms with Gasteiger partial charge in [-0.1, -0.05) is 6.92 Å². The van der Waals surface area contributed by atoms with Gasteiger partial charge in [0.2, 0.25) is 0 Å². The van der Waals surface area contributed by atoms with Gasteiger partial charge in [0, 0.05) is 20.1 Å². The Bertz CT molecular complexity index is 448. The second-order valence-electron chi connectivity index (χ2n) is 4.65. The maximum Gasteiger partial charge on any atom is 0.326 e. The number of rotatable bonds is 3. The molecule has 1 rings (SSSR count). The molecule has 1 aliphatic heterocycles. The first-order valence-corrected chi connectivity index (χ1v) is 8.05. The van der Waals surface area contributed by atoms with Crippen molar-refractivity contribution in [1.82, 2.24) is 9.80 Å². The lowest BCUT2D eigenvalue weighted by atomic mass is 10.2. The maximum atomic E-state index is 12.2. The van der Waals surface area contributed by atoms with Gasteiger partial charge in [0.15, 0.2) is 9.84 Å². The minimum absolute atomic E-state index is 0.0591. The van der Waals surface area contributed by atoms with Gasteiger partial charge >= 0.3 is 12.0 Å². The lowest BCUT2D eigenvalue weighted by molar-refractivity contribution is -0.142. The number of carbonyl (C=O) groups excluding carboxylic acids is 1. The van der Waals surface area contributed by atoms with Crippen LogP contribution in [0, 0.1) is 0 Å². The van der Waals surface area contributed by atoms with Gasteiger partial charge < -0.3 is 14.9 Å². The fraction of sp³-hybridized carbons (Fsp3) is 0.818. The molecule has 2 amide bonds. The highest BCUT2D eigenvalue weighted by molar-refractivity contribution is 7.91. The zero-order valence-corrected chi connectivity index (χ0v) is 12.0. The van der Waals surface area contributed by atoms with Crippen LogP contribution < -0.4 is 0 Å². The van der Waals surface area contributed by atoms with Gasteiger partial charge in [-0.15, -0.1) is 0 Å². The molecular weight excluding hydrogens is 272 g/mol. The zero-order chi connectivity index (χ0) is 14.6. The summed E-state index contributed by atoms with van der Waals surface area (Å²) in [7, 11) is -1.65. The molecule has 0 spiro atoms. The van der Waals surface area contributed by atoms with Gasteiger partial charge in [0.25, 0.3) is 0 Å². The van der Waals surface area contributed by atoms with Gasteiger partial charge in [-0.3, -0.25) is 0 Å². The van der Waals surface area contributed by atoms with Crippen molar-refractivity contribution < 1.29 is 23.1 Å². The highest BCUT2D eigenvalue weighted by Gasteiger charge is 2.30. The predicted molar refractivity (Wildman–Crippen MR) is 69.7 cm³/mol. The Morgan fingerprint density at radius 2 is 1.95 bits per heavy atom. The first-order chi connectivity index (χ1) is 8.78. The van der Waals surface area contributed by atoms with E-state index in [0.29, 0.717) is 19.4 Å². The fourth-order valence-electron chi connectivity index (χ4n) is 2.10. The molecule has 1 heterocycles. The number of carboxylic acid groups (broad SMARTS) is 1. The predicted octanol–water partition coefficient (Wildman–Crippen LogP) is 0.0219. The molecule has 1 N–H and O–H groups in total. The number of nitrogens with zero attached hydrogens (tertiary/aromatic N) is 2. The first-order valence-electron chi connectivity index (χ1n) is 6.23. The van der Waals surface area contributed by atoms with Crippen molar-refractivity contribution in [3.63, 3.8) is 0 Å². The number of sulfone groups is 1. The summed E-state index contributed by atoms with van der Waals surface area (Å²) < 4.78 is 22.9. The molecule has 7 nitrogen and oxygen atoms in total. The molecule has 0 aromatic carbocycles. The van der Waals surface area contributed by atoms with E-state index in [4.69, 9.17) is 5.11 Å². The molecule has 0 aliphatic carbocycles. The standard InChI is InChI=1S/C11H20N2O5S/c1-3-9(10(14)15)12(2)11(16)13-5-4-7-19(17,18)8-6-13/h9H,3-8H2,1-2H3,(H,14,15). The smallest absolute Gasteiger partial charge is 0.326 e. The van der Waals surface area contributed by atoms with Crippen molar-refractivity contribution in [2.45, 2.75) is 25.8 Å². The van der Waals surface area contributed by atoms with E-state index in [2.05, 4.69) is 0 Å². The second-order valence-corrected chi connectivity index (χ2v) is 6.95. The summed E-state index contributed by atoms with van der Waals surface area (Å²) in [4.78, 5) is 25.8. The Morgan fingerprint density at radius 3 is 2.47 bits per heavy atom. The molecule has 19 heavy (non-hydrogen) atoms. The van der Waals surface area contributed by atoms with E-state index in [1.54, 1.807) is 6.92 Å². The van der Waals surface area contributed by atoms with E-state index in [-0.39, 0.29) is 18.1 Å². The molecule has 110 valence electrons. The van der Waals surface area contributed by atoms with Crippen molar-refractivity contribution in [3.8, 4) is 0 Å². The van der Waals surface area contributed by atoms with Crippen LogP contribution in [0.25, 0.3) is 0 Å². The van der Waals surface area contributed by atoms with Crippen LogP contribution in [0.4, 0.5) is 4.79 Å². The largest absolute Gasteiger partial charge is 0.480 e. The lowest BCUT2D eigenvalue weighted by Crippen LogP contribution is -2.49. The number of likely N-dealkylation sites (N-methyl/N-ethyl adjacent to an activating group) is 1. The van der Waals surface area contributed by atoms with Crippen molar-refractivity contribution in [3.05, 3.63) is 0 Å². The Balaban J connectivity index is 2.74. The lowest BCUT2D eigenvalue weighted by Gasteiger charge is -2.30. The Morgan fingerprint density at radius 1 is 1.32 bits per heavy atom. The summed E-state index contributed by atoms with van der Waals surface area (Å²) in [5.41, 5.74) is 0. The SMILES string of the molecule is CCC(C(=O)O)N(C)C(=O)N1CCCS(=O)(=O)CC1. The molecule has 0 bridgehead atoms. The second kappa shape index (κ2) is 6.23. The van der Waals surface area contributed by atoms with Crippen LogP contribution in [0.2, 0.25) is 0 Å². The molecular formula is C11H20N2O5S. The highest BCUT2D eigenvalue weighted by Crippen LogP contribution is 2.10. The summed E-state index contributed by atoms with van der Waals surface area (Å²) in [6.07, 6.45) is 0.704. The molecule has 1 fully saturated rings. The van der Waals surface area contributed by atoms with Crippen LogP contribution in [0.15, 0.2) is 0 Å². The van der Waals surface area contributed by atoms with E-state index < -0.39 is 27.9 Å². The number of urea groups is 1. The van der Waals surface area contributed by atoms with Crippen LogP contribution in [0.1, 0.15) is 19.8 Å². The third-order valence-electron chi connectivity index (χ3n) is 3.27. The van der Waals surface area contributed by atoms with E-state index in [1.807, 2.05) is 0 Å². The average molecular weight is 292 g/mol. The Labute approximate surface area is 113 Å². The number of hydrogen-bond acceptors (Lipinski definition) is 4. The molecule has 1 saturated heterocycles. The minimum atomic E-state index is -3.08. The molecule has 1 atom stereocenters. The summed E-state index contributed by atoms with van der Waals surface area (Å²) in [5, 5.41) is 9.02. The van der Waals surface area contributed by atoms with Gasteiger partial charge in [0.1, 0.15) is 6.04 Å².